The highest BCUT2D eigenvalue weighted by Crippen LogP contribution is 2.13. The Morgan fingerprint density at radius 2 is 2.00 bits per heavy atom. The monoisotopic (exact) mass is 219 g/mol. The summed E-state index contributed by atoms with van der Waals surface area (Å²) in [4.78, 5) is 0. The number of hydrogen-bond acceptors (Lipinski definition) is 2. The van der Waals surface area contributed by atoms with Crippen LogP contribution in [0.2, 0.25) is 0 Å². The van der Waals surface area contributed by atoms with Crippen molar-refractivity contribution in [3.63, 3.8) is 0 Å². The van der Waals surface area contributed by atoms with Crippen LogP contribution in [0.4, 0.5) is 0 Å². The van der Waals surface area contributed by atoms with Gasteiger partial charge in [0.2, 0.25) is 0 Å². The number of ether oxygens (including phenoxy) is 1. The van der Waals surface area contributed by atoms with Gasteiger partial charge in [-0.1, -0.05) is 29.3 Å². The van der Waals surface area contributed by atoms with E-state index in [2.05, 4.69) is 37.4 Å². The number of nitrogens with one attached hydrogen (secondary N) is 1. The highest BCUT2D eigenvalue weighted by atomic mass is 16.5. The van der Waals surface area contributed by atoms with Crippen LogP contribution >= 0.6 is 0 Å². The zero-order valence-corrected chi connectivity index (χ0v) is 10.3. The minimum absolute atomic E-state index is 0.398. The molecule has 1 fully saturated rings. The lowest BCUT2D eigenvalue weighted by molar-refractivity contribution is 0.0252. The number of benzene rings is 1. The van der Waals surface area contributed by atoms with Crippen molar-refractivity contribution in [3.05, 3.63) is 34.9 Å². The predicted octanol–water partition coefficient (Wildman–Crippen LogP) is 2.57. The van der Waals surface area contributed by atoms with E-state index < -0.39 is 0 Å². The Bertz CT molecular complexity index is 322. The molecule has 0 spiro atoms. The van der Waals surface area contributed by atoms with Gasteiger partial charge >= 0.3 is 0 Å². The van der Waals surface area contributed by atoms with Crippen LogP contribution in [0.5, 0.6) is 0 Å². The molecule has 1 aliphatic heterocycles. The molecule has 2 nitrogen and oxygen atoms in total. The van der Waals surface area contributed by atoms with Gasteiger partial charge in [-0.25, -0.2) is 0 Å². The van der Waals surface area contributed by atoms with Crippen molar-refractivity contribution >= 4 is 0 Å². The lowest BCUT2D eigenvalue weighted by Crippen LogP contribution is -2.35. The van der Waals surface area contributed by atoms with Gasteiger partial charge in [0.15, 0.2) is 0 Å². The van der Waals surface area contributed by atoms with Crippen molar-refractivity contribution in [2.75, 3.05) is 13.1 Å². The molecule has 2 rings (SSSR count). The largest absolute Gasteiger partial charge is 0.372 e. The van der Waals surface area contributed by atoms with Crippen LogP contribution in [-0.4, -0.2) is 19.2 Å². The Morgan fingerprint density at radius 1 is 1.25 bits per heavy atom. The number of piperidine rings is 1. The molecule has 0 bridgehead atoms. The summed E-state index contributed by atoms with van der Waals surface area (Å²) in [6.45, 7) is 7.17. The van der Waals surface area contributed by atoms with Crippen LogP contribution in [0.15, 0.2) is 18.2 Å². The van der Waals surface area contributed by atoms with E-state index in [0.29, 0.717) is 6.10 Å². The third kappa shape index (κ3) is 3.32. The summed E-state index contributed by atoms with van der Waals surface area (Å²) in [6, 6.07) is 6.62. The van der Waals surface area contributed by atoms with E-state index in [4.69, 9.17) is 4.74 Å². The second-order valence-corrected chi connectivity index (χ2v) is 4.78. The van der Waals surface area contributed by atoms with Gasteiger partial charge in [0.05, 0.1) is 12.7 Å². The fraction of sp³-hybridized carbons (Fsp3) is 0.571. The number of hydrogen-bond donors (Lipinski definition) is 1. The maximum Gasteiger partial charge on any atom is 0.0721 e. The second kappa shape index (κ2) is 5.46. The van der Waals surface area contributed by atoms with Gasteiger partial charge in [-0.15, -0.1) is 0 Å². The van der Waals surface area contributed by atoms with Crippen molar-refractivity contribution in [1.29, 1.82) is 0 Å². The van der Waals surface area contributed by atoms with Crippen LogP contribution in [0.25, 0.3) is 0 Å². The highest BCUT2D eigenvalue weighted by molar-refractivity contribution is 5.28. The Morgan fingerprint density at radius 3 is 2.62 bits per heavy atom. The second-order valence-electron chi connectivity index (χ2n) is 4.78. The van der Waals surface area contributed by atoms with Crippen molar-refractivity contribution in [1.82, 2.24) is 5.32 Å². The van der Waals surface area contributed by atoms with Gasteiger partial charge < -0.3 is 10.1 Å². The maximum absolute atomic E-state index is 5.92. The summed E-state index contributed by atoms with van der Waals surface area (Å²) in [7, 11) is 0. The van der Waals surface area contributed by atoms with Crippen molar-refractivity contribution < 1.29 is 4.74 Å². The predicted molar refractivity (Wildman–Crippen MR) is 66.6 cm³/mol. The van der Waals surface area contributed by atoms with Gasteiger partial charge in [0.25, 0.3) is 0 Å². The van der Waals surface area contributed by atoms with Crippen LogP contribution < -0.4 is 5.32 Å². The van der Waals surface area contributed by atoms with E-state index in [1.165, 1.54) is 29.5 Å². The Balaban J connectivity index is 1.88. The van der Waals surface area contributed by atoms with Crippen LogP contribution in [0.3, 0.4) is 0 Å². The van der Waals surface area contributed by atoms with Gasteiger partial charge in [0.1, 0.15) is 0 Å². The first-order chi connectivity index (χ1) is 7.74. The molecule has 1 atom stereocenters. The summed E-state index contributed by atoms with van der Waals surface area (Å²) >= 11 is 0. The third-order valence-electron chi connectivity index (χ3n) is 3.02. The zero-order valence-electron chi connectivity index (χ0n) is 10.3. The van der Waals surface area contributed by atoms with Crippen molar-refractivity contribution in [3.8, 4) is 0 Å². The van der Waals surface area contributed by atoms with E-state index in [1.807, 2.05) is 0 Å². The molecule has 1 N–H and O–H groups in total. The Kier molecular flexibility index (Phi) is 3.97. The van der Waals surface area contributed by atoms with Crippen LogP contribution in [0, 0.1) is 13.8 Å². The molecule has 0 aliphatic carbocycles. The molecule has 0 amide bonds. The molecule has 16 heavy (non-hydrogen) atoms. The molecule has 2 heteroatoms. The first-order valence-electron chi connectivity index (χ1n) is 6.13. The van der Waals surface area contributed by atoms with Gasteiger partial charge in [-0.2, -0.15) is 0 Å². The van der Waals surface area contributed by atoms with Gasteiger partial charge in [-0.3, -0.25) is 0 Å². The van der Waals surface area contributed by atoms with E-state index in [-0.39, 0.29) is 0 Å². The van der Waals surface area contributed by atoms with Crippen LogP contribution in [0.1, 0.15) is 29.5 Å². The quantitative estimate of drug-likeness (QED) is 0.843. The Labute approximate surface area is 98.0 Å². The topological polar surface area (TPSA) is 21.3 Å². The smallest absolute Gasteiger partial charge is 0.0721 e. The average Bonchev–Trinajstić information content (AvgIpc) is 2.27. The standard InChI is InChI=1S/C14H21NO/c1-11-6-12(2)8-13(7-11)10-16-14-4-3-5-15-9-14/h6-8,14-15H,3-5,9-10H2,1-2H3/t14-/m0/s1. The minimum Gasteiger partial charge on any atom is -0.372 e. The molecule has 0 saturated carbocycles. The molecule has 1 saturated heterocycles. The van der Waals surface area contributed by atoms with Gasteiger partial charge in [-0.05, 0) is 38.8 Å². The summed E-state index contributed by atoms with van der Waals surface area (Å²) in [5.74, 6) is 0. The number of aryl methyl sites for hydroxylation is 2. The highest BCUT2D eigenvalue weighted by Gasteiger charge is 2.12. The van der Waals surface area contributed by atoms with E-state index in [0.717, 1.165) is 19.7 Å². The fourth-order valence-corrected chi connectivity index (χ4v) is 2.33. The third-order valence-corrected chi connectivity index (χ3v) is 3.02. The summed E-state index contributed by atoms with van der Waals surface area (Å²) < 4.78 is 5.92. The summed E-state index contributed by atoms with van der Waals surface area (Å²) in [5.41, 5.74) is 3.93. The van der Waals surface area contributed by atoms with E-state index >= 15 is 0 Å². The minimum atomic E-state index is 0.398. The molecule has 0 aromatic heterocycles. The molecule has 0 unspecified atom stereocenters. The van der Waals surface area contributed by atoms with Crippen molar-refractivity contribution in [2.45, 2.75) is 39.4 Å². The molecule has 1 aromatic rings. The molecule has 1 heterocycles. The van der Waals surface area contributed by atoms with Crippen molar-refractivity contribution in [2.24, 2.45) is 0 Å². The first-order valence-corrected chi connectivity index (χ1v) is 6.13. The summed E-state index contributed by atoms with van der Waals surface area (Å²) in [6.07, 6.45) is 2.82. The molecular weight excluding hydrogens is 198 g/mol. The molecule has 88 valence electrons. The molecule has 1 aliphatic rings. The van der Waals surface area contributed by atoms with Crippen LogP contribution in [-0.2, 0) is 11.3 Å². The summed E-state index contributed by atoms with van der Waals surface area (Å²) in [5, 5.41) is 3.37. The fourth-order valence-electron chi connectivity index (χ4n) is 2.33. The zero-order chi connectivity index (χ0) is 11.4. The lowest BCUT2D eigenvalue weighted by Gasteiger charge is -2.23. The maximum atomic E-state index is 5.92. The molecule has 0 radical (unpaired) electrons. The van der Waals surface area contributed by atoms with E-state index in [1.54, 1.807) is 0 Å². The lowest BCUT2D eigenvalue weighted by atomic mass is 10.1. The SMILES string of the molecule is Cc1cc(C)cc(CO[C@H]2CCCNC2)c1. The molecule has 1 aromatic carbocycles. The Hall–Kier alpha value is -0.860. The molecular formula is C14H21NO. The first kappa shape index (κ1) is 11.6. The number of rotatable bonds is 3. The average molecular weight is 219 g/mol. The van der Waals surface area contributed by atoms with Gasteiger partial charge in [0, 0.05) is 6.54 Å². The van der Waals surface area contributed by atoms with E-state index in [9.17, 15) is 0 Å². The normalized spacial score (nSPS) is 21.0.